The summed E-state index contributed by atoms with van der Waals surface area (Å²) in [5.41, 5.74) is 5.61. The number of allylic oxidation sites excluding steroid dienone is 9. The standard InChI is InChI=1S/C23H34O2/c1-7-22(24)25-17-15-19(3)11-8-10-18(2)13-14-21-20(4)12-9-16-23(21,5)6/h8,10-11,13-15H,7,9,12,16-17H2,1-6H3/b11-8-,14-13+,18-10+,19-15+. The van der Waals surface area contributed by atoms with E-state index in [2.05, 4.69) is 45.9 Å². The molecule has 0 bridgehead atoms. The Labute approximate surface area is 154 Å². The summed E-state index contributed by atoms with van der Waals surface area (Å²) in [7, 11) is 0. The van der Waals surface area contributed by atoms with Crippen molar-refractivity contribution in [2.24, 2.45) is 5.41 Å². The van der Waals surface area contributed by atoms with E-state index >= 15 is 0 Å². The number of carbonyl (C=O) groups excluding carboxylic acids is 1. The van der Waals surface area contributed by atoms with Gasteiger partial charge in [-0.2, -0.15) is 0 Å². The van der Waals surface area contributed by atoms with Gasteiger partial charge >= 0.3 is 5.97 Å². The van der Waals surface area contributed by atoms with Gasteiger partial charge in [0.2, 0.25) is 0 Å². The molecule has 25 heavy (non-hydrogen) atoms. The van der Waals surface area contributed by atoms with Crippen molar-refractivity contribution in [2.75, 3.05) is 6.61 Å². The van der Waals surface area contributed by atoms with Crippen molar-refractivity contribution in [1.82, 2.24) is 0 Å². The van der Waals surface area contributed by atoms with Crippen molar-refractivity contribution < 1.29 is 9.53 Å². The number of hydrogen-bond donors (Lipinski definition) is 0. The van der Waals surface area contributed by atoms with Crippen molar-refractivity contribution in [2.45, 2.75) is 67.2 Å². The van der Waals surface area contributed by atoms with Gasteiger partial charge in [0.1, 0.15) is 6.61 Å². The molecule has 0 atom stereocenters. The molecule has 2 nitrogen and oxygen atoms in total. The molecule has 0 unspecified atom stereocenters. The molecule has 0 spiro atoms. The van der Waals surface area contributed by atoms with Gasteiger partial charge in [-0.25, -0.2) is 0 Å². The predicted octanol–water partition coefficient (Wildman–Crippen LogP) is 6.47. The lowest BCUT2D eigenvalue weighted by atomic mass is 9.72. The van der Waals surface area contributed by atoms with Crippen molar-refractivity contribution in [3.63, 3.8) is 0 Å². The van der Waals surface area contributed by atoms with Crippen LogP contribution in [0.25, 0.3) is 0 Å². The van der Waals surface area contributed by atoms with Gasteiger partial charge in [-0.15, -0.1) is 0 Å². The molecule has 2 heteroatoms. The summed E-state index contributed by atoms with van der Waals surface area (Å²) >= 11 is 0. The number of esters is 1. The smallest absolute Gasteiger partial charge is 0.305 e. The molecule has 0 aromatic rings. The lowest BCUT2D eigenvalue weighted by molar-refractivity contribution is -0.141. The van der Waals surface area contributed by atoms with Crippen molar-refractivity contribution >= 4 is 5.97 Å². The fourth-order valence-electron chi connectivity index (χ4n) is 3.07. The Balaban J connectivity index is 2.63. The monoisotopic (exact) mass is 342 g/mol. The Morgan fingerprint density at radius 2 is 1.92 bits per heavy atom. The van der Waals surface area contributed by atoms with Crippen LogP contribution in [-0.4, -0.2) is 12.6 Å². The van der Waals surface area contributed by atoms with Crippen LogP contribution in [0.2, 0.25) is 0 Å². The van der Waals surface area contributed by atoms with Gasteiger partial charge in [-0.3, -0.25) is 4.79 Å². The maximum Gasteiger partial charge on any atom is 0.305 e. The maximum absolute atomic E-state index is 11.1. The van der Waals surface area contributed by atoms with Gasteiger partial charge < -0.3 is 4.74 Å². The Morgan fingerprint density at radius 1 is 1.20 bits per heavy atom. The average Bonchev–Trinajstić information content (AvgIpc) is 2.53. The van der Waals surface area contributed by atoms with E-state index in [1.165, 1.54) is 36.0 Å². The third kappa shape index (κ3) is 7.72. The second-order valence-electron chi connectivity index (χ2n) is 7.52. The maximum atomic E-state index is 11.1. The van der Waals surface area contributed by atoms with Crippen molar-refractivity contribution in [1.29, 1.82) is 0 Å². The highest BCUT2D eigenvalue weighted by molar-refractivity contribution is 5.68. The van der Waals surface area contributed by atoms with Gasteiger partial charge in [0, 0.05) is 6.42 Å². The molecule has 1 rings (SSSR count). The molecular formula is C23H34O2. The summed E-state index contributed by atoms with van der Waals surface area (Å²) in [6.07, 6.45) is 16.8. The van der Waals surface area contributed by atoms with Crippen LogP contribution in [0.5, 0.6) is 0 Å². The molecule has 1 aliphatic carbocycles. The zero-order valence-electron chi connectivity index (χ0n) is 16.8. The molecule has 0 N–H and O–H groups in total. The summed E-state index contributed by atoms with van der Waals surface area (Å²) in [4.78, 5) is 11.1. The minimum absolute atomic E-state index is 0.163. The van der Waals surface area contributed by atoms with Crippen molar-refractivity contribution in [3.05, 3.63) is 58.7 Å². The van der Waals surface area contributed by atoms with Crippen LogP contribution < -0.4 is 0 Å². The molecular weight excluding hydrogens is 308 g/mol. The molecule has 0 aliphatic heterocycles. The largest absolute Gasteiger partial charge is 0.461 e. The first-order valence-corrected chi connectivity index (χ1v) is 9.32. The minimum atomic E-state index is -0.163. The van der Waals surface area contributed by atoms with E-state index in [-0.39, 0.29) is 11.4 Å². The van der Waals surface area contributed by atoms with Crippen LogP contribution in [0.1, 0.15) is 67.2 Å². The third-order valence-electron chi connectivity index (χ3n) is 4.71. The van der Waals surface area contributed by atoms with Gasteiger partial charge in [-0.05, 0) is 57.1 Å². The Bertz CT molecular complexity index is 610. The second kappa shape index (κ2) is 10.2. The minimum Gasteiger partial charge on any atom is -0.461 e. The zero-order chi connectivity index (χ0) is 18.9. The molecule has 0 saturated carbocycles. The highest BCUT2D eigenvalue weighted by Gasteiger charge is 2.26. The summed E-state index contributed by atoms with van der Waals surface area (Å²) in [5.74, 6) is -0.163. The highest BCUT2D eigenvalue weighted by atomic mass is 16.5. The first-order chi connectivity index (χ1) is 11.8. The van der Waals surface area contributed by atoms with Crippen LogP contribution in [-0.2, 0) is 9.53 Å². The summed E-state index contributed by atoms with van der Waals surface area (Å²) in [6, 6.07) is 0. The van der Waals surface area contributed by atoms with E-state index in [9.17, 15) is 4.79 Å². The van der Waals surface area contributed by atoms with E-state index in [1.807, 2.05) is 25.2 Å². The molecule has 0 amide bonds. The first kappa shape index (κ1) is 21.2. The zero-order valence-corrected chi connectivity index (χ0v) is 16.8. The highest BCUT2D eigenvalue weighted by Crippen LogP contribution is 2.40. The molecule has 0 aromatic carbocycles. The van der Waals surface area contributed by atoms with E-state index < -0.39 is 0 Å². The number of rotatable bonds is 7. The molecule has 138 valence electrons. The van der Waals surface area contributed by atoms with Crippen LogP contribution in [0, 0.1) is 5.41 Å². The summed E-state index contributed by atoms with van der Waals surface area (Å²) in [5, 5.41) is 0. The van der Waals surface area contributed by atoms with Gasteiger partial charge in [-0.1, -0.05) is 67.9 Å². The van der Waals surface area contributed by atoms with E-state index in [0.717, 1.165) is 5.57 Å². The SMILES string of the molecule is CCC(=O)OC/C=C(C)/C=C\C=C(C)\C=C\C1=C(C)CCCC1(C)C. The quantitative estimate of drug-likeness (QED) is 0.391. The Hall–Kier alpha value is -1.83. The summed E-state index contributed by atoms with van der Waals surface area (Å²) < 4.78 is 5.04. The van der Waals surface area contributed by atoms with E-state index in [1.54, 1.807) is 6.92 Å². The first-order valence-electron chi connectivity index (χ1n) is 9.32. The van der Waals surface area contributed by atoms with Crippen LogP contribution in [0.3, 0.4) is 0 Å². The van der Waals surface area contributed by atoms with Gasteiger partial charge in [0.05, 0.1) is 0 Å². The lowest BCUT2D eigenvalue weighted by Gasteiger charge is -2.32. The summed E-state index contributed by atoms with van der Waals surface area (Å²) in [6.45, 7) is 13.2. The Morgan fingerprint density at radius 3 is 2.56 bits per heavy atom. The normalized spacial score (nSPS) is 19.1. The molecule has 0 fully saturated rings. The molecule has 0 heterocycles. The average molecular weight is 343 g/mol. The molecule has 0 saturated heterocycles. The predicted molar refractivity (Wildman–Crippen MR) is 107 cm³/mol. The van der Waals surface area contributed by atoms with Gasteiger partial charge in [0.25, 0.3) is 0 Å². The fraction of sp³-hybridized carbons (Fsp3) is 0.522. The van der Waals surface area contributed by atoms with E-state index in [0.29, 0.717) is 13.0 Å². The molecule has 0 aromatic heterocycles. The van der Waals surface area contributed by atoms with Gasteiger partial charge in [0.15, 0.2) is 0 Å². The Kier molecular flexibility index (Phi) is 8.68. The van der Waals surface area contributed by atoms with Crippen molar-refractivity contribution in [3.8, 4) is 0 Å². The lowest BCUT2D eigenvalue weighted by Crippen LogP contribution is -2.19. The van der Waals surface area contributed by atoms with Crippen LogP contribution >= 0.6 is 0 Å². The van der Waals surface area contributed by atoms with E-state index in [4.69, 9.17) is 4.74 Å². The number of hydrogen-bond acceptors (Lipinski definition) is 2. The van der Waals surface area contributed by atoms with Crippen LogP contribution in [0.4, 0.5) is 0 Å². The number of ether oxygens (including phenoxy) is 1. The molecule has 1 aliphatic rings. The van der Waals surface area contributed by atoms with Crippen LogP contribution in [0.15, 0.2) is 58.7 Å². The number of carbonyl (C=O) groups is 1. The molecule has 0 radical (unpaired) electrons. The topological polar surface area (TPSA) is 26.3 Å². The second-order valence-corrected chi connectivity index (χ2v) is 7.52. The third-order valence-corrected chi connectivity index (χ3v) is 4.71. The fourth-order valence-corrected chi connectivity index (χ4v) is 3.07.